The summed E-state index contributed by atoms with van der Waals surface area (Å²) in [6.07, 6.45) is 1.70. The Morgan fingerprint density at radius 2 is 2.14 bits per heavy atom. The van der Waals surface area contributed by atoms with Crippen molar-refractivity contribution in [3.8, 4) is 5.88 Å². The van der Waals surface area contributed by atoms with E-state index in [1.165, 1.54) is 0 Å². The van der Waals surface area contributed by atoms with Gasteiger partial charge in [-0.2, -0.15) is 0 Å². The van der Waals surface area contributed by atoms with E-state index in [0.717, 1.165) is 29.1 Å². The number of nitrogens with one attached hydrogen (secondary N) is 1. The smallest absolute Gasteiger partial charge is 0.253 e. The first-order valence-corrected chi connectivity index (χ1v) is 7.00. The Balaban J connectivity index is 2.04. The van der Waals surface area contributed by atoms with Gasteiger partial charge in [0.15, 0.2) is 0 Å². The fourth-order valence-corrected chi connectivity index (χ4v) is 2.43. The summed E-state index contributed by atoms with van der Waals surface area (Å²) in [5, 5.41) is 2.93. The van der Waals surface area contributed by atoms with Gasteiger partial charge >= 0.3 is 0 Å². The molecule has 2 aromatic rings. The highest BCUT2D eigenvalue weighted by molar-refractivity contribution is 5.95. The lowest BCUT2D eigenvalue weighted by Crippen LogP contribution is -2.23. The number of rotatable bonds is 5. The van der Waals surface area contributed by atoms with E-state index >= 15 is 0 Å². The van der Waals surface area contributed by atoms with E-state index < -0.39 is 0 Å². The summed E-state index contributed by atoms with van der Waals surface area (Å²) >= 11 is 0. The number of nitrogens with zero attached hydrogens (tertiary/aromatic N) is 2. The number of hydrogen-bond acceptors (Lipinski definition) is 3. The van der Waals surface area contributed by atoms with E-state index in [-0.39, 0.29) is 5.91 Å². The Labute approximate surface area is 125 Å². The van der Waals surface area contributed by atoms with Gasteiger partial charge in [0.25, 0.3) is 5.91 Å². The monoisotopic (exact) mass is 287 g/mol. The van der Waals surface area contributed by atoms with Crippen molar-refractivity contribution in [2.75, 3.05) is 7.11 Å². The predicted octanol–water partition coefficient (Wildman–Crippen LogP) is 2.46. The van der Waals surface area contributed by atoms with E-state index in [1.54, 1.807) is 19.4 Å². The molecule has 1 amide bonds. The Morgan fingerprint density at radius 1 is 1.38 bits per heavy atom. The van der Waals surface area contributed by atoms with Crippen LogP contribution in [0, 0.1) is 13.8 Å². The SMILES string of the molecule is CCn1c(C)cc(C(=O)NCc2ccc(OC)nc2)c1C. The maximum Gasteiger partial charge on any atom is 0.253 e. The number of hydrogen-bond donors (Lipinski definition) is 1. The van der Waals surface area contributed by atoms with Crippen LogP contribution < -0.4 is 10.1 Å². The van der Waals surface area contributed by atoms with Crippen LogP contribution in [0.4, 0.5) is 0 Å². The zero-order valence-electron chi connectivity index (χ0n) is 12.9. The Morgan fingerprint density at radius 3 is 2.67 bits per heavy atom. The molecule has 5 nitrogen and oxygen atoms in total. The Kier molecular flexibility index (Phi) is 4.62. The molecule has 0 radical (unpaired) electrons. The number of ether oxygens (including phenoxy) is 1. The van der Waals surface area contributed by atoms with Gasteiger partial charge in [0.05, 0.1) is 12.7 Å². The third-order valence-corrected chi connectivity index (χ3v) is 3.59. The first-order valence-electron chi connectivity index (χ1n) is 7.00. The van der Waals surface area contributed by atoms with Crippen LogP contribution >= 0.6 is 0 Å². The summed E-state index contributed by atoms with van der Waals surface area (Å²) in [6.45, 7) is 7.38. The lowest BCUT2D eigenvalue weighted by atomic mass is 10.2. The molecule has 0 bridgehead atoms. The van der Waals surface area contributed by atoms with Crippen LogP contribution in [-0.4, -0.2) is 22.6 Å². The maximum absolute atomic E-state index is 12.3. The molecule has 2 rings (SSSR count). The minimum atomic E-state index is -0.0568. The third-order valence-electron chi connectivity index (χ3n) is 3.59. The fourth-order valence-electron chi connectivity index (χ4n) is 2.43. The Bertz CT molecular complexity index is 630. The van der Waals surface area contributed by atoms with Crippen molar-refractivity contribution in [3.63, 3.8) is 0 Å². The molecule has 0 aromatic carbocycles. The zero-order valence-corrected chi connectivity index (χ0v) is 12.9. The fraction of sp³-hybridized carbons (Fsp3) is 0.375. The van der Waals surface area contributed by atoms with E-state index in [0.29, 0.717) is 12.4 Å². The van der Waals surface area contributed by atoms with Crippen molar-refractivity contribution < 1.29 is 9.53 Å². The summed E-state index contributed by atoms with van der Waals surface area (Å²) in [4.78, 5) is 16.4. The topological polar surface area (TPSA) is 56.2 Å². The first-order chi connectivity index (χ1) is 10.1. The number of aromatic nitrogens is 2. The van der Waals surface area contributed by atoms with Crippen LogP contribution in [-0.2, 0) is 13.1 Å². The quantitative estimate of drug-likeness (QED) is 0.919. The number of carbonyl (C=O) groups is 1. The second-order valence-corrected chi connectivity index (χ2v) is 4.92. The van der Waals surface area contributed by atoms with E-state index in [2.05, 4.69) is 21.8 Å². The molecule has 0 unspecified atom stereocenters. The van der Waals surface area contributed by atoms with Crippen LogP contribution in [0.1, 0.15) is 34.2 Å². The highest BCUT2D eigenvalue weighted by Crippen LogP contribution is 2.15. The summed E-state index contributed by atoms with van der Waals surface area (Å²) in [6, 6.07) is 5.60. The van der Waals surface area contributed by atoms with Gasteiger partial charge in [-0.15, -0.1) is 0 Å². The minimum absolute atomic E-state index is 0.0568. The van der Waals surface area contributed by atoms with Crippen LogP contribution in [0.2, 0.25) is 0 Å². The lowest BCUT2D eigenvalue weighted by molar-refractivity contribution is 0.0950. The first kappa shape index (κ1) is 15.1. The van der Waals surface area contributed by atoms with Gasteiger partial charge in [0.2, 0.25) is 5.88 Å². The number of carbonyl (C=O) groups excluding carboxylic acids is 1. The number of aryl methyl sites for hydroxylation is 1. The number of amides is 1. The molecule has 5 heteroatoms. The van der Waals surface area contributed by atoms with Crippen molar-refractivity contribution in [2.45, 2.75) is 33.9 Å². The van der Waals surface area contributed by atoms with Crippen molar-refractivity contribution in [1.29, 1.82) is 0 Å². The molecule has 2 aromatic heterocycles. The van der Waals surface area contributed by atoms with Gasteiger partial charge in [0, 0.05) is 36.7 Å². The maximum atomic E-state index is 12.3. The largest absolute Gasteiger partial charge is 0.481 e. The standard InChI is InChI=1S/C16H21N3O2/c1-5-19-11(2)8-14(12(19)3)16(20)18-10-13-6-7-15(21-4)17-9-13/h6-9H,5,10H2,1-4H3,(H,18,20). The van der Waals surface area contributed by atoms with Crippen molar-refractivity contribution >= 4 is 5.91 Å². The molecule has 0 spiro atoms. The minimum Gasteiger partial charge on any atom is -0.481 e. The molecule has 0 saturated carbocycles. The second kappa shape index (κ2) is 6.43. The molecular formula is C16H21N3O2. The average molecular weight is 287 g/mol. The molecule has 112 valence electrons. The average Bonchev–Trinajstić information content (AvgIpc) is 2.79. The van der Waals surface area contributed by atoms with Crippen molar-refractivity contribution in [1.82, 2.24) is 14.9 Å². The molecular weight excluding hydrogens is 266 g/mol. The zero-order chi connectivity index (χ0) is 15.4. The third kappa shape index (κ3) is 3.24. The summed E-state index contributed by atoms with van der Waals surface area (Å²) in [5.74, 6) is 0.509. The predicted molar refractivity (Wildman–Crippen MR) is 81.5 cm³/mol. The van der Waals surface area contributed by atoms with Gasteiger partial charge in [-0.05, 0) is 32.4 Å². The van der Waals surface area contributed by atoms with Crippen molar-refractivity contribution in [3.05, 3.63) is 46.9 Å². The van der Waals surface area contributed by atoms with Gasteiger partial charge < -0.3 is 14.6 Å². The molecule has 1 N–H and O–H groups in total. The number of pyridine rings is 1. The van der Waals surface area contributed by atoms with Crippen LogP contribution in [0.25, 0.3) is 0 Å². The summed E-state index contributed by atoms with van der Waals surface area (Å²) < 4.78 is 7.14. The molecule has 0 atom stereocenters. The molecule has 2 heterocycles. The highest BCUT2D eigenvalue weighted by Gasteiger charge is 2.14. The summed E-state index contributed by atoms with van der Waals surface area (Å²) in [7, 11) is 1.58. The van der Waals surface area contributed by atoms with Gasteiger partial charge in [-0.3, -0.25) is 4.79 Å². The van der Waals surface area contributed by atoms with Crippen LogP contribution in [0.15, 0.2) is 24.4 Å². The van der Waals surface area contributed by atoms with Crippen LogP contribution in [0.3, 0.4) is 0 Å². The van der Waals surface area contributed by atoms with Gasteiger partial charge in [-0.25, -0.2) is 4.98 Å². The lowest BCUT2D eigenvalue weighted by Gasteiger charge is -2.07. The molecule has 0 aliphatic heterocycles. The van der Waals surface area contributed by atoms with E-state index in [1.807, 2.05) is 26.0 Å². The summed E-state index contributed by atoms with van der Waals surface area (Å²) in [5.41, 5.74) is 3.77. The normalized spacial score (nSPS) is 10.5. The van der Waals surface area contributed by atoms with Gasteiger partial charge in [0.1, 0.15) is 0 Å². The Hall–Kier alpha value is -2.30. The molecule has 21 heavy (non-hydrogen) atoms. The van der Waals surface area contributed by atoms with Crippen LogP contribution in [0.5, 0.6) is 5.88 Å². The van der Waals surface area contributed by atoms with E-state index in [4.69, 9.17) is 4.74 Å². The molecule has 0 fully saturated rings. The van der Waals surface area contributed by atoms with Gasteiger partial charge in [-0.1, -0.05) is 6.07 Å². The molecule has 0 aliphatic carbocycles. The second-order valence-electron chi connectivity index (χ2n) is 4.92. The van der Waals surface area contributed by atoms with E-state index in [9.17, 15) is 4.79 Å². The molecule has 0 saturated heterocycles. The molecule has 0 aliphatic rings. The number of methoxy groups -OCH3 is 1. The highest BCUT2D eigenvalue weighted by atomic mass is 16.5. The van der Waals surface area contributed by atoms with Crippen molar-refractivity contribution in [2.24, 2.45) is 0 Å².